The van der Waals surface area contributed by atoms with Gasteiger partial charge in [0, 0.05) is 11.6 Å². The van der Waals surface area contributed by atoms with E-state index in [1.807, 2.05) is 24.3 Å². The van der Waals surface area contributed by atoms with Crippen LogP contribution in [0.4, 0.5) is 0 Å². The van der Waals surface area contributed by atoms with Crippen LogP contribution in [0.1, 0.15) is 37.3 Å². The summed E-state index contributed by atoms with van der Waals surface area (Å²) >= 11 is 0. The van der Waals surface area contributed by atoms with E-state index in [2.05, 4.69) is 24.4 Å². The number of benzene rings is 2. The fraction of sp³-hybridized carbons (Fsp3) is 0.263. The Morgan fingerprint density at radius 2 is 1.96 bits per heavy atom. The second-order valence-electron chi connectivity index (χ2n) is 5.70. The van der Waals surface area contributed by atoms with E-state index < -0.39 is 5.91 Å². The van der Waals surface area contributed by atoms with Crippen molar-refractivity contribution in [3.63, 3.8) is 0 Å². The largest absolute Gasteiger partial charge is 0.508 e. The fourth-order valence-electron chi connectivity index (χ4n) is 2.12. The molecule has 0 spiro atoms. The third kappa shape index (κ3) is 5.53. The highest BCUT2D eigenvalue weighted by molar-refractivity contribution is 5.85. The zero-order chi connectivity index (χ0) is 18.2. The molecular weight excluding hydrogens is 320 g/mol. The fourth-order valence-corrected chi connectivity index (χ4v) is 2.12. The number of nitrogens with one attached hydrogen (secondary N) is 1. The quantitative estimate of drug-likeness (QED) is 0.532. The lowest BCUT2D eigenvalue weighted by Crippen LogP contribution is -2.24. The molecule has 0 saturated carbocycles. The van der Waals surface area contributed by atoms with Crippen molar-refractivity contribution in [2.45, 2.75) is 26.2 Å². The van der Waals surface area contributed by atoms with Crippen molar-refractivity contribution in [3.05, 3.63) is 53.6 Å². The maximum Gasteiger partial charge on any atom is 0.277 e. The third-order valence-electron chi connectivity index (χ3n) is 3.84. The van der Waals surface area contributed by atoms with Crippen LogP contribution in [0.3, 0.4) is 0 Å². The van der Waals surface area contributed by atoms with Crippen LogP contribution in [0.5, 0.6) is 17.2 Å². The maximum absolute atomic E-state index is 11.7. The van der Waals surface area contributed by atoms with E-state index in [0.717, 1.165) is 6.42 Å². The first-order valence-corrected chi connectivity index (χ1v) is 8.06. The zero-order valence-electron chi connectivity index (χ0n) is 14.3. The predicted octanol–water partition coefficient (Wildman–Crippen LogP) is 3.14. The summed E-state index contributed by atoms with van der Waals surface area (Å²) in [7, 11) is 0. The predicted molar refractivity (Wildman–Crippen MR) is 96.2 cm³/mol. The van der Waals surface area contributed by atoms with Gasteiger partial charge in [-0.25, -0.2) is 5.43 Å². The standard InChI is InChI=1S/C19H22N2O4/c1-3-13(2)14-5-8-17(9-6-14)25-12-19(24)21-20-11-15-4-7-16(22)10-18(15)23/h4-11,13,22-23H,3,12H2,1-2H3,(H,21,24)/b20-11+. The molecule has 2 rings (SSSR count). The Bertz CT molecular complexity index is 742. The number of hydrogen-bond donors (Lipinski definition) is 3. The topological polar surface area (TPSA) is 91.2 Å². The van der Waals surface area contributed by atoms with Crippen LogP contribution in [0.25, 0.3) is 0 Å². The minimum absolute atomic E-state index is 0.0496. The number of rotatable bonds is 7. The van der Waals surface area contributed by atoms with Crippen LogP contribution >= 0.6 is 0 Å². The van der Waals surface area contributed by atoms with Gasteiger partial charge in [-0.15, -0.1) is 0 Å². The monoisotopic (exact) mass is 342 g/mol. The molecule has 0 heterocycles. The number of ether oxygens (including phenoxy) is 1. The second-order valence-corrected chi connectivity index (χ2v) is 5.70. The molecule has 0 bridgehead atoms. The number of nitrogens with zero attached hydrogens (tertiary/aromatic N) is 1. The lowest BCUT2D eigenvalue weighted by Gasteiger charge is -2.10. The summed E-state index contributed by atoms with van der Waals surface area (Å²) in [5.74, 6) is 0.507. The molecule has 132 valence electrons. The highest BCUT2D eigenvalue weighted by Crippen LogP contribution is 2.22. The van der Waals surface area contributed by atoms with Gasteiger partial charge in [0.1, 0.15) is 17.2 Å². The van der Waals surface area contributed by atoms with Gasteiger partial charge < -0.3 is 14.9 Å². The summed E-state index contributed by atoms with van der Waals surface area (Å²) in [4.78, 5) is 11.7. The SMILES string of the molecule is CCC(C)c1ccc(OCC(=O)N/N=C/c2ccc(O)cc2O)cc1. The lowest BCUT2D eigenvalue weighted by atomic mass is 9.99. The molecule has 0 aromatic heterocycles. The number of carbonyl (C=O) groups excluding carboxylic acids is 1. The molecular formula is C19H22N2O4. The second kappa shape index (κ2) is 8.73. The Balaban J connectivity index is 1.81. The van der Waals surface area contributed by atoms with Gasteiger partial charge in [-0.05, 0) is 42.2 Å². The maximum atomic E-state index is 11.7. The van der Waals surface area contributed by atoms with Crippen LogP contribution in [0, 0.1) is 0 Å². The van der Waals surface area contributed by atoms with Gasteiger partial charge in [-0.2, -0.15) is 5.10 Å². The van der Waals surface area contributed by atoms with Crippen molar-refractivity contribution in [1.82, 2.24) is 5.43 Å². The molecule has 1 atom stereocenters. The Morgan fingerprint density at radius 1 is 1.24 bits per heavy atom. The number of amides is 1. The van der Waals surface area contributed by atoms with E-state index in [-0.39, 0.29) is 18.1 Å². The number of hydrazone groups is 1. The smallest absolute Gasteiger partial charge is 0.277 e. The first-order chi connectivity index (χ1) is 12.0. The highest BCUT2D eigenvalue weighted by atomic mass is 16.5. The van der Waals surface area contributed by atoms with Crippen molar-refractivity contribution in [2.24, 2.45) is 5.10 Å². The van der Waals surface area contributed by atoms with E-state index in [4.69, 9.17) is 4.74 Å². The first-order valence-electron chi connectivity index (χ1n) is 8.06. The number of aromatic hydroxyl groups is 2. The molecule has 0 aliphatic carbocycles. The minimum Gasteiger partial charge on any atom is -0.508 e. The molecule has 2 aromatic rings. The summed E-state index contributed by atoms with van der Waals surface area (Å²) in [6.07, 6.45) is 2.35. The van der Waals surface area contributed by atoms with Gasteiger partial charge in [0.05, 0.1) is 6.21 Å². The molecule has 2 aromatic carbocycles. The Kier molecular flexibility index (Phi) is 6.39. The summed E-state index contributed by atoms with van der Waals surface area (Å²) in [6.45, 7) is 4.13. The van der Waals surface area contributed by atoms with Gasteiger partial charge in [0.25, 0.3) is 5.91 Å². The van der Waals surface area contributed by atoms with Crippen LogP contribution in [0.15, 0.2) is 47.6 Å². The van der Waals surface area contributed by atoms with Gasteiger partial charge in [-0.1, -0.05) is 26.0 Å². The summed E-state index contributed by atoms with van der Waals surface area (Å²) in [5.41, 5.74) is 3.92. The van der Waals surface area contributed by atoms with Crippen molar-refractivity contribution >= 4 is 12.1 Å². The third-order valence-corrected chi connectivity index (χ3v) is 3.84. The first kappa shape index (κ1) is 18.3. The minimum atomic E-state index is -0.416. The molecule has 0 saturated heterocycles. The molecule has 25 heavy (non-hydrogen) atoms. The molecule has 0 radical (unpaired) electrons. The number of phenolic OH excluding ortho intramolecular Hbond substituents is 2. The molecule has 1 unspecified atom stereocenters. The average Bonchev–Trinajstić information content (AvgIpc) is 2.61. The van der Waals surface area contributed by atoms with Crippen molar-refractivity contribution in [3.8, 4) is 17.2 Å². The van der Waals surface area contributed by atoms with Crippen LogP contribution in [-0.2, 0) is 4.79 Å². The molecule has 6 heteroatoms. The summed E-state index contributed by atoms with van der Waals surface area (Å²) < 4.78 is 5.41. The Morgan fingerprint density at radius 3 is 2.60 bits per heavy atom. The van der Waals surface area contributed by atoms with Gasteiger partial charge in [0.2, 0.25) is 0 Å². The average molecular weight is 342 g/mol. The van der Waals surface area contributed by atoms with Gasteiger partial charge >= 0.3 is 0 Å². The highest BCUT2D eigenvalue weighted by Gasteiger charge is 2.05. The van der Waals surface area contributed by atoms with Crippen LogP contribution in [-0.4, -0.2) is 28.9 Å². The molecule has 1 amide bonds. The van der Waals surface area contributed by atoms with Gasteiger partial charge in [0.15, 0.2) is 6.61 Å². The van der Waals surface area contributed by atoms with Crippen molar-refractivity contribution in [2.75, 3.05) is 6.61 Å². The van der Waals surface area contributed by atoms with Gasteiger partial charge in [-0.3, -0.25) is 4.79 Å². The Hall–Kier alpha value is -3.02. The van der Waals surface area contributed by atoms with E-state index in [1.165, 1.54) is 30.0 Å². The molecule has 0 fully saturated rings. The number of phenols is 2. The number of carbonyl (C=O) groups is 1. The van der Waals surface area contributed by atoms with Crippen molar-refractivity contribution < 1.29 is 19.7 Å². The van der Waals surface area contributed by atoms with E-state index >= 15 is 0 Å². The summed E-state index contributed by atoms with van der Waals surface area (Å²) in [5, 5.41) is 22.5. The lowest BCUT2D eigenvalue weighted by molar-refractivity contribution is -0.123. The molecule has 0 aliphatic heterocycles. The summed E-state index contributed by atoms with van der Waals surface area (Å²) in [6, 6.07) is 11.7. The van der Waals surface area contributed by atoms with Crippen molar-refractivity contribution in [1.29, 1.82) is 0 Å². The van der Waals surface area contributed by atoms with Crippen LogP contribution in [0.2, 0.25) is 0 Å². The van der Waals surface area contributed by atoms with E-state index in [1.54, 1.807) is 0 Å². The molecule has 6 nitrogen and oxygen atoms in total. The van der Waals surface area contributed by atoms with E-state index in [0.29, 0.717) is 17.2 Å². The Labute approximate surface area is 146 Å². The normalized spacial score (nSPS) is 12.1. The van der Waals surface area contributed by atoms with E-state index in [9.17, 15) is 15.0 Å². The number of hydrogen-bond acceptors (Lipinski definition) is 5. The van der Waals surface area contributed by atoms with Crippen LogP contribution < -0.4 is 10.2 Å². The zero-order valence-corrected chi connectivity index (χ0v) is 14.3. The molecule has 3 N–H and O–H groups in total. The molecule has 0 aliphatic rings.